The van der Waals surface area contributed by atoms with Crippen LogP contribution in [0.15, 0.2) is 18.2 Å². The van der Waals surface area contributed by atoms with Gasteiger partial charge >= 0.3 is 0 Å². The Morgan fingerprint density at radius 1 is 1.47 bits per heavy atom. The Morgan fingerprint density at radius 2 is 2.21 bits per heavy atom. The third-order valence-electron chi connectivity index (χ3n) is 3.37. The predicted molar refractivity (Wildman–Crippen MR) is 74.8 cm³/mol. The first-order chi connectivity index (χ1) is 9.11. The Hall–Kier alpha value is -1.58. The summed E-state index contributed by atoms with van der Waals surface area (Å²) in [6, 6.07) is 4.72. The molecule has 1 unspecified atom stereocenters. The summed E-state index contributed by atoms with van der Waals surface area (Å²) in [6.45, 7) is 4.46. The molecule has 1 aliphatic carbocycles. The van der Waals surface area contributed by atoms with E-state index in [-0.39, 0.29) is 17.8 Å². The number of amides is 1. The number of nitrogens with one attached hydrogen (secondary N) is 2. The van der Waals surface area contributed by atoms with E-state index in [1.165, 1.54) is 18.9 Å². The first kappa shape index (κ1) is 13.8. The van der Waals surface area contributed by atoms with Crippen molar-refractivity contribution in [2.75, 3.05) is 11.9 Å². The van der Waals surface area contributed by atoms with Crippen molar-refractivity contribution in [1.29, 1.82) is 0 Å². The topological polar surface area (TPSA) is 41.1 Å². The second-order valence-electron chi connectivity index (χ2n) is 5.25. The molecule has 0 aromatic heterocycles. The van der Waals surface area contributed by atoms with Crippen molar-refractivity contribution in [3.63, 3.8) is 0 Å². The number of para-hydroxylation sites is 1. The SMILES string of the molecule is CCNc1c(F)cccc1C(=O)NC(C)CC1CC1. The lowest BCUT2D eigenvalue weighted by Gasteiger charge is -2.16. The molecular formula is C15H21FN2O. The predicted octanol–water partition coefficient (Wildman–Crippen LogP) is 3.18. The molecule has 104 valence electrons. The highest BCUT2D eigenvalue weighted by atomic mass is 19.1. The molecule has 1 aliphatic rings. The van der Waals surface area contributed by atoms with Gasteiger partial charge in [-0.15, -0.1) is 0 Å². The zero-order chi connectivity index (χ0) is 13.8. The molecule has 0 saturated heterocycles. The summed E-state index contributed by atoms with van der Waals surface area (Å²) in [7, 11) is 0. The van der Waals surface area contributed by atoms with E-state index < -0.39 is 0 Å². The first-order valence-electron chi connectivity index (χ1n) is 6.95. The summed E-state index contributed by atoms with van der Waals surface area (Å²) < 4.78 is 13.7. The fourth-order valence-electron chi connectivity index (χ4n) is 2.28. The third-order valence-corrected chi connectivity index (χ3v) is 3.37. The lowest BCUT2D eigenvalue weighted by molar-refractivity contribution is 0.0938. The van der Waals surface area contributed by atoms with Gasteiger partial charge in [-0.3, -0.25) is 4.79 Å². The van der Waals surface area contributed by atoms with Gasteiger partial charge in [0.25, 0.3) is 5.91 Å². The van der Waals surface area contributed by atoms with Crippen molar-refractivity contribution < 1.29 is 9.18 Å². The van der Waals surface area contributed by atoms with Crippen LogP contribution >= 0.6 is 0 Å². The van der Waals surface area contributed by atoms with Gasteiger partial charge in [-0.25, -0.2) is 4.39 Å². The molecule has 1 atom stereocenters. The lowest BCUT2D eigenvalue weighted by atomic mass is 10.1. The van der Waals surface area contributed by atoms with Crippen LogP contribution in [0.1, 0.15) is 43.5 Å². The van der Waals surface area contributed by atoms with Gasteiger partial charge in [0.05, 0.1) is 11.3 Å². The summed E-state index contributed by atoms with van der Waals surface area (Å²) in [4.78, 5) is 12.2. The van der Waals surface area contributed by atoms with E-state index in [2.05, 4.69) is 10.6 Å². The Balaban J connectivity index is 2.06. The van der Waals surface area contributed by atoms with Crippen LogP contribution < -0.4 is 10.6 Å². The molecule has 0 heterocycles. The standard InChI is InChI=1S/C15H21FN2O/c1-3-17-14-12(5-4-6-13(14)16)15(19)18-10(2)9-11-7-8-11/h4-6,10-11,17H,3,7-9H2,1-2H3,(H,18,19). The molecule has 1 aromatic carbocycles. The average molecular weight is 264 g/mol. The minimum Gasteiger partial charge on any atom is -0.382 e. The van der Waals surface area contributed by atoms with E-state index >= 15 is 0 Å². The number of hydrogen-bond acceptors (Lipinski definition) is 2. The van der Waals surface area contributed by atoms with Gasteiger partial charge in [0.15, 0.2) is 0 Å². The highest BCUT2D eigenvalue weighted by Gasteiger charge is 2.25. The van der Waals surface area contributed by atoms with Gasteiger partial charge < -0.3 is 10.6 Å². The highest BCUT2D eigenvalue weighted by Crippen LogP contribution is 2.33. The summed E-state index contributed by atoms with van der Waals surface area (Å²) in [5.41, 5.74) is 0.672. The second kappa shape index (κ2) is 6.04. The van der Waals surface area contributed by atoms with Gasteiger partial charge in [0.2, 0.25) is 0 Å². The maximum Gasteiger partial charge on any atom is 0.253 e. The molecule has 0 spiro atoms. The Morgan fingerprint density at radius 3 is 2.84 bits per heavy atom. The summed E-state index contributed by atoms with van der Waals surface area (Å²) in [5, 5.41) is 5.86. The van der Waals surface area contributed by atoms with Crippen molar-refractivity contribution in [2.45, 2.75) is 39.2 Å². The number of rotatable bonds is 6. The maximum absolute atomic E-state index is 13.7. The summed E-state index contributed by atoms with van der Waals surface area (Å²) in [6.07, 6.45) is 3.54. The van der Waals surface area contributed by atoms with Gasteiger partial charge in [-0.05, 0) is 38.3 Å². The zero-order valence-electron chi connectivity index (χ0n) is 11.5. The molecule has 2 rings (SSSR count). The molecule has 1 saturated carbocycles. The Bertz CT molecular complexity index is 457. The number of carbonyl (C=O) groups excluding carboxylic acids is 1. The van der Waals surface area contributed by atoms with Crippen LogP contribution in [-0.2, 0) is 0 Å². The molecule has 1 fully saturated rings. The average Bonchev–Trinajstić information content (AvgIpc) is 3.15. The molecule has 1 amide bonds. The fraction of sp³-hybridized carbons (Fsp3) is 0.533. The van der Waals surface area contributed by atoms with Gasteiger partial charge in [-0.1, -0.05) is 18.9 Å². The summed E-state index contributed by atoms with van der Waals surface area (Å²) in [5.74, 6) is 0.170. The molecule has 19 heavy (non-hydrogen) atoms. The van der Waals surface area contributed by atoms with Crippen molar-refractivity contribution in [3.05, 3.63) is 29.6 Å². The van der Waals surface area contributed by atoms with Gasteiger partial charge in [0, 0.05) is 12.6 Å². The number of hydrogen-bond donors (Lipinski definition) is 2. The molecular weight excluding hydrogens is 243 g/mol. The van der Waals surface area contributed by atoms with E-state index in [0.717, 1.165) is 12.3 Å². The largest absolute Gasteiger partial charge is 0.382 e. The van der Waals surface area contributed by atoms with E-state index in [1.54, 1.807) is 12.1 Å². The maximum atomic E-state index is 13.7. The van der Waals surface area contributed by atoms with Crippen molar-refractivity contribution in [2.24, 2.45) is 5.92 Å². The van der Waals surface area contributed by atoms with Crippen LogP contribution in [-0.4, -0.2) is 18.5 Å². The fourth-order valence-corrected chi connectivity index (χ4v) is 2.28. The quantitative estimate of drug-likeness (QED) is 0.828. The van der Waals surface area contributed by atoms with E-state index in [0.29, 0.717) is 17.8 Å². The lowest BCUT2D eigenvalue weighted by Crippen LogP contribution is -2.33. The molecule has 0 bridgehead atoms. The van der Waals surface area contributed by atoms with Crippen molar-refractivity contribution in [1.82, 2.24) is 5.32 Å². The smallest absolute Gasteiger partial charge is 0.253 e. The summed E-state index contributed by atoms with van der Waals surface area (Å²) >= 11 is 0. The number of anilines is 1. The molecule has 1 aromatic rings. The van der Waals surface area contributed by atoms with E-state index in [9.17, 15) is 9.18 Å². The molecule has 0 aliphatic heterocycles. The minimum absolute atomic E-state index is 0.137. The van der Waals surface area contributed by atoms with Crippen LogP contribution in [0.3, 0.4) is 0 Å². The van der Waals surface area contributed by atoms with Crippen LogP contribution in [0.2, 0.25) is 0 Å². The van der Waals surface area contributed by atoms with Crippen LogP contribution in [0.25, 0.3) is 0 Å². The molecule has 3 nitrogen and oxygen atoms in total. The zero-order valence-corrected chi connectivity index (χ0v) is 11.5. The van der Waals surface area contributed by atoms with Crippen LogP contribution in [0.4, 0.5) is 10.1 Å². The van der Waals surface area contributed by atoms with E-state index in [1.807, 2.05) is 13.8 Å². The molecule has 2 N–H and O–H groups in total. The normalized spacial score (nSPS) is 15.9. The number of benzene rings is 1. The Labute approximate surface area is 113 Å². The second-order valence-corrected chi connectivity index (χ2v) is 5.25. The van der Waals surface area contributed by atoms with Gasteiger partial charge in [0.1, 0.15) is 5.82 Å². The number of halogens is 1. The Kier molecular flexibility index (Phi) is 4.40. The first-order valence-corrected chi connectivity index (χ1v) is 6.95. The van der Waals surface area contributed by atoms with Crippen LogP contribution in [0, 0.1) is 11.7 Å². The molecule has 0 radical (unpaired) electrons. The van der Waals surface area contributed by atoms with Gasteiger partial charge in [-0.2, -0.15) is 0 Å². The number of carbonyl (C=O) groups is 1. The minimum atomic E-state index is -0.385. The molecule has 4 heteroatoms. The monoisotopic (exact) mass is 264 g/mol. The van der Waals surface area contributed by atoms with Crippen LogP contribution in [0.5, 0.6) is 0 Å². The van der Waals surface area contributed by atoms with Crippen molar-refractivity contribution in [3.8, 4) is 0 Å². The highest BCUT2D eigenvalue weighted by molar-refractivity contribution is 5.99. The third kappa shape index (κ3) is 3.69. The van der Waals surface area contributed by atoms with Crippen molar-refractivity contribution >= 4 is 11.6 Å². The van der Waals surface area contributed by atoms with E-state index in [4.69, 9.17) is 0 Å².